The molecule has 0 spiro atoms. The quantitative estimate of drug-likeness (QED) is 0.814. The fraction of sp³-hybridized carbons (Fsp3) is 1.00. The van der Waals surface area contributed by atoms with Crippen molar-refractivity contribution in [3.05, 3.63) is 0 Å². The van der Waals surface area contributed by atoms with Gasteiger partial charge in [-0.2, -0.15) is 0 Å². The molecule has 0 bridgehead atoms. The molecular formula is C15H32N2O2S. The molecule has 1 fully saturated rings. The van der Waals surface area contributed by atoms with Crippen LogP contribution in [-0.4, -0.2) is 56.0 Å². The van der Waals surface area contributed by atoms with Gasteiger partial charge in [0.1, 0.15) is 0 Å². The molecule has 3 atom stereocenters. The summed E-state index contributed by atoms with van der Waals surface area (Å²) in [6, 6.07) is 0.974. The van der Waals surface area contributed by atoms with Gasteiger partial charge in [-0.25, -0.2) is 8.42 Å². The van der Waals surface area contributed by atoms with Crippen LogP contribution in [0.5, 0.6) is 0 Å². The zero-order chi connectivity index (χ0) is 15.6. The second kappa shape index (κ2) is 6.75. The van der Waals surface area contributed by atoms with Crippen LogP contribution in [0.25, 0.3) is 0 Å². The van der Waals surface area contributed by atoms with E-state index in [4.69, 9.17) is 0 Å². The Bertz CT molecular complexity index is 406. The molecule has 0 saturated carbocycles. The van der Waals surface area contributed by atoms with E-state index in [1.165, 1.54) is 6.26 Å². The largest absolute Gasteiger partial charge is 0.314 e. The molecule has 1 aliphatic rings. The summed E-state index contributed by atoms with van der Waals surface area (Å²) in [5.41, 5.74) is 0. The lowest BCUT2D eigenvalue weighted by molar-refractivity contribution is 0.0780. The maximum absolute atomic E-state index is 11.9. The van der Waals surface area contributed by atoms with Crippen molar-refractivity contribution < 1.29 is 8.42 Å². The molecule has 1 heterocycles. The standard InChI is InChI=1S/C15H32N2O2S/c1-7-9-16-14-8-10-17(13(3)12(14)2)11-15(4,5)20(6,18)19/h12-14,16H,7-11H2,1-6H3. The predicted molar refractivity (Wildman–Crippen MR) is 85.8 cm³/mol. The van der Waals surface area contributed by atoms with Gasteiger partial charge >= 0.3 is 0 Å². The average molecular weight is 305 g/mol. The molecule has 0 aromatic heterocycles. The Balaban J connectivity index is 2.68. The molecule has 120 valence electrons. The number of sulfone groups is 1. The second-order valence-electron chi connectivity index (χ2n) is 6.95. The highest BCUT2D eigenvalue weighted by Gasteiger charge is 2.38. The van der Waals surface area contributed by atoms with E-state index in [-0.39, 0.29) is 0 Å². The van der Waals surface area contributed by atoms with Crippen LogP contribution in [0.2, 0.25) is 0 Å². The van der Waals surface area contributed by atoms with Gasteiger partial charge in [0.15, 0.2) is 9.84 Å². The summed E-state index contributed by atoms with van der Waals surface area (Å²) < 4.78 is 23.1. The maximum atomic E-state index is 11.9. The lowest BCUT2D eigenvalue weighted by atomic mass is 9.86. The van der Waals surface area contributed by atoms with Gasteiger partial charge < -0.3 is 5.32 Å². The number of piperidine rings is 1. The van der Waals surface area contributed by atoms with Crippen molar-refractivity contribution in [3.63, 3.8) is 0 Å². The van der Waals surface area contributed by atoms with Crippen LogP contribution in [0, 0.1) is 5.92 Å². The molecule has 1 N–H and O–H groups in total. The summed E-state index contributed by atoms with van der Waals surface area (Å²) in [4.78, 5) is 2.34. The van der Waals surface area contributed by atoms with Gasteiger partial charge in [0.05, 0.1) is 4.75 Å². The van der Waals surface area contributed by atoms with Crippen LogP contribution in [0.1, 0.15) is 47.5 Å². The van der Waals surface area contributed by atoms with Crippen molar-refractivity contribution in [3.8, 4) is 0 Å². The molecule has 3 unspecified atom stereocenters. The molecule has 1 saturated heterocycles. The van der Waals surface area contributed by atoms with Gasteiger partial charge in [0.2, 0.25) is 0 Å². The molecule has 1 aliphatic heterocycles. The SMILES string of the molecule is CCCNC1CCN(CC(C)(C)S(C)(=O)=O)C(C)C1C. The Hall–Kier alpha value is -0.130. The van der Waals surface area contributed by atoms with Crippen LogP contribution in [0.15, 0.2) is 0 Å². The topological polar surface area (TPSA) is 49.4 Å². The fourth-order valence-electron chi connectivity index (χ4n) is 2.89. The van der Waals surface area contributed by atoms with Gasteiger partial charge in [-0.1, -0.05) is 13.8 Å². The molecular weight excluding hydrogens is 272 g/mol. The molecule has 0 amide bonds. The van der Waals surface area contributed by atoms with Crippen molar-refractivity contribution in [2.24, 2.45) is 5.92 Å². The van der Waals surface area contributed by atoms with E-state index in [9.17, 15) is 8.42 Å². The summed E-state index contributed by atoms with van der Waals surface area (Å²) >= 11 is 0. The van der Waals surface area contributed by atoms with E-state index >= 15 is 0 Å². The first-order chi connectivity index (χ1) is 9.10. The third-order valence-corrected chi connectivity index (χ3v) is 7.08. The second-order valence-corrected chi connectivity index (χ2v) is 9.60. The highest BCUT2D eigenvalue weighted by molar-refractivity contribution is 7.92. The van der Waals surface area contributed by atoms with Crippen LogP contribution < -0.4 is 5.32 Å². The fourth-order valence-corrected chi connectivity index (χ4v) is 3.29. The Morgan fingerprint density at radius 1 is 1.30 bits per heavy atom. The molecule has 4 nitrogen and oxygen atoms in total. The Kier molecular flexibility index (Phi) is 6.05. The molecule has 5 heteroatoms. The van der Waals surface area contributed by atoms with Crippen molar-refractivity contribution in [2.45, 2.75) is 64.3 Å². The van der Waals surface area contributed by atoms with Crippen LogP contribution >= 0.6 is 0 Å². The molecule has 0 aromatic rings. The first-order valence-corrected chi connectivity index (χ1v) is 9.66. The molecule has 0 radical (unpaired) electrons. The zero-order valence-electron chi connectivity index (χ0n) is 13.9. The lowest BCUT2D eigenvalue weighted by Gasteiger charge is -2.45. The Morgan fingerprint density at radius 3 is 2.40 bits per heavy atom. The highest BCUT2D eigenvalue weighted by atomic mass is 32.2. The first kappa shape index (κ1) is 17.9. The number of nitrogens with zero attached hydrogens (tertiary/aromatic N) is 1. The van der Waals surface area contributed by atoms with Crippen molar-refractivity contribution in [2.75, 3.05) is 25.9 Å². The van der Waals surface area contributed by atoms with Gasteiger partial charge in [-0.15, -0.1) is 0 Å². The third-order valence-electron chi connectivity index (χ3n) is 4.94. The maximum Gasteiger partial charge on any atom is 0.153 e. The average Bonchev–Trinajstić information content (AvgIpc) is 2.32. The summed E-state index contributed by atoms with van der Waals surface area (Å²) in [6.45, 7) is 13.0. The molecule has 20 heavy (non-hydrogen) atoms. The number of hydrogen-bond acceptors (Lipinski definition) is 4. The van der Waals surface area contributed by atoms with Gasteiger partial charge in [-0.3, -0.25) is 4.90 Å². The monoisotopic (exact) mass is 304 g/mol. The van der Waals surface area contributed by atoms with E-state index in [1.807, 2.05) is 13.8 Å². The summed E-state index contributed by atoms with van der Waals surface area (Å²) in [7, 11) is -3.03. The number of rotatable bonds is 6. The van der Waals surface area contributed by atoms with Crippen LogP contribution in [0.4, 0.5) is 0 Å². The predicted octanol–water partition coefficient (Wildman–Crippen LogP) is 1.91. The van der Waals surface area contributed by atoms with Gasteiger partial charge in [0.25, 0.3) is 0 Å². The van der Waals surface area contributed by atoms with Crippen LogP contribution in [-0.2, 0) is 9.84 Å². The smallest absolute Gasteiger partial charge is 0.153 e. The van der Waals surface area contributed by atoms with E-state index in [0.717, 1.165) is 25.9 Å². The number of likely N-dealkylation sites (tertiary alicyclic amines) is 1. The minimum atomic E-state index is -3.03. The van der Waals surface area contributed by atoms with E-state index in [1.54, 1.807) is 0 Å². The third kappa shape index (κ3) is 4.18. The summed E-state index contributed by atoms with van der Waals surface area (Å²) in [5, 5.41) is 3.62. The first-order valence-electron chi connectivity index (χ1n) is 7.77. The Morgan fingerprint density at radius 2 is 1.90 bits per heavy atom. The van der Waals surface area contributed by atoms with E-state index in [0.29, 0.717) is 24.5 Å². The van der Waals surface area contributed by atoms with Gasteiger partial charge in [-0.05, 0) is 52.6 Å². The van der Waals surface area contributed by atoms with Crippen molar-refractivity contribution in [1.82, 2.24) is 10.2 Å². The molecule has 1 rings (SSSR count). The normalized spacial score (nSPS) is 29.6. The number of nitrogens with one attached hydrogen (secondary N) is 1. The van der Waals surface area contributed by atoms with Crippen LogP contribution in [0.3, 0.4) is 0 Å². The summed E-state index contributed by atoms with van der Waals surface area (Å²) in [5.74, 6) is 0.547. The van der Waals surface area contributed by atoms with Gasteiger partial charge in [0, 0.05) is 24.9 Å². The Labute approximate surface area is 125 Å². The minimum absolute atomic E-state index is 0.416. The molecule has 0 aromatic carbocycles. The van der Waals surface area contributed by atoms with Crippen molar-refractivity contribution >= 4 is 9.84 Å². The van der Waals surface area contributed by atoms with E-state index in [2.05, 4.69) is 31.0 Å². The lowest BCUT2D eigenvalue weighted by Crippen LogP contribution is -2.57. The van der Waals surface area contributed by atoms with Crippen molar-refractivity contribution in [1.29, 1.82) is 0 Å². The summed E-state index contributed by atoms with van der Waals surface area (Å²) in [6.07, 6.45) is 3.60. The minimum Gasteiger partial charge on any atom is -0.314 e. The molecule has 0 aliphatic carbocycles. The highest BCUT2D eigenvalue weighted by Crippen LogP contribution is 2.27. The van der Waals surface area contributed by atoms with E-state index < -0.39 is 14.6 Å². The number of hydrogen-bond donors (Lipinski definition) is 1. The zero-order valence-corrected chi connectivity index (χ0v) is 14.8.